The van der Waals surface area contributed by atoms with Gasteiger partial charge >= 0.3 is 6.85 Å². The van der Waals surface area contributed by atoms with E-state index in [0.29, 0.717) is 0 Å². The van der Waals surface area contributed by atoms with Crippen LogP contribution in [0.5, 0.6) is 0 Å². The maximum atomic E-state index is 7.10. The predicted octanol–water partition coefficient (Wildman–Crippen LogP) is 15.0. The number of aryl methyl sites for hydroxylation is 2. The van der Waals surface area contributed by atoms with E-state index in [1.165, 1.54) is 108 Å². The molecular weight excluding hydrogens is 763 g/mol. The number of nitrogens with zero attached hydrogens (tertiary/aromatic N) is 2. The van der Waals surface area contributed by atoms with E-state index in [1.807, 2.05) is 0 Å². The van der Waals surface area contributed by atoms with Crippen LogP contribution in [0.3, 0.4) is 0 Å². The third kappa shape index (κ3) is 5.66. The predicted molar refractivity (Wildman–Crippen MR) is 268 cm³/mol. The Labute approximate surface area is 371 Å². The van der Waals surface area contributed by atoms with Gasteiger partial charge in [-0.15, -0.1) is 0 Å². The Kier molecular flexibility index (Phi) is 8.83. The lowest BCUT2D eigenvalue weighted by atomic mass is 9.41. The molecule has 63 heavy (non-hydrogen) atoms. The van der Waals surface area contributed by atoms with E-state index in [0.717, 1.165) is 47.6 Å². The van der Waals surface area contributed by atoms with Gasteiger partial charge in [0.05, 0.1) is 5.69 Å². The Morgan fingerprint density at radius 3 is 2.02 bits per heavy atom. The van der Waals surface area contributed by atoms with Crippen molar-refractivity contribution in [3.63, 3.8) is 0 Å². The zero-order chi connectivity index (χ0) is 42.4. The average Bonchev–Trinajstić information content (AvgIpc) is 3.82. The Morgan fingerprint density at radius 1 is 0.524 bits per heavy atom. The highest BCUT2D eigenvalue weighted by Gasteiger charge is 2.51. The SMILES string of the molecule is CCCCc1ccc(N2B3c4c(ccc5c4C(C)(C)c4ccccc4-5)N(c4ccc(CCCC)cc4-c4ccccc4)c4cc5c(oc6ccccc65)c(c43)-c3ccccc32)cc1. The topological polar surface area (TPSA) is 19.6 Å². The van der Waals surface area contributed by atoms with E-state index in [2.05, 4.69) is 201 Å². The standard InChI is InChI=1S/C59H51BN2O/c1-5-7-18-38-28-31-41(32-29-38)62-50-26-16-13-24-45(50)54-56-52(37-47-43-23-14-17-27-53(43)63-58(47)54)61(49-34-30-39(19-8-6-2)36-46(49)40-20-10-9-11-21-40)51-35-33-44-42-22-12-15-25-48(42)59(3,4)55(44)57(51)60(56)62/h9-17,20-37H,5-8,18-19H2,1-4H3. The van der Waals surface area contributed by atoms with Crippen LogP contribution in [0.2, 0.25) is 0 Å². The van der Waals surface area contributed by atoms with Crippen molar-refractivity contribution in [2.24, 2.45) is 0 Å². The second-order valence-electron chi connectivity index (χ2n) is 18.5. The first-order valence-corrected chi connectivity index (χ1v) is 23.2. The summed E-state index contributed by atoms with van der Waals surface area (Å²) >= 11 is 0. The van der Waals surface area contributed by atoms with Crippen molar-refractivity contribution in [2.75, 3.05) is 9.71 Å². The second-order valence-corrected chi connectivity index (χ2v) is 18.5. The van der Waals surface area contributed by atoms with Crippen molar-refractivity contribution in [1.82, 2.24) is 0 Å². The minimum Gasteiger partial charge on any atom is -0.455 e. The van der Waals surface area contributed by atoms with Gasteiger partial charge in [-0.2, -0.15) is 0 Å². The van der Waals surface area contributed by atoms with Crippen LogP contribution in [0.15, 0.2) is 168 Å². The molecule has 3 nitrogen and oxygen atoms in total. The van der Waals surface area contributed by atoms with E-state index in [1.54, 1.807) is 0 Å². The first kappa shape index (κ1) is 37.9. The molecule has 0 saturated carbocycles. The zero-order valence-corrected chi connectivity index (χ0v) is 36.7. The molecule has 0 radical (unpaired) electrons. The minimum atomic E-state index is -0.261. The fourth-order valence-electron chi connectivity index (χ4n) is 11.4. The molecule has 0 saturated heterocycles. The lowest BCUT2D eigenvalue weighted by Crippen LogP contribution is -2.63. The van der Waals surface area contributed by atoms with Gasteiger partial charge in [0.1, 0.15) is 11.2 Å². The summed E-state index contributed by atoms with van der Waals surface area (Å²) in [5.41, 5.74) is 23.3. The molecule has 2 aliphatic heterocycles. The molecule has 1 aromatic heterocycles. The highest BCUT2D eigenvalue weighted by atomic mass is 16.3. The summed E-state index contributed by atoms with van der Waals surface area (Å²) in [7, 11) is 0. The van der Waals surface area contributed by atoms with Gasteiger partial charge in [-0.3, -0.25) is 0 Å². The number of hydrogen-bond donors (Lipinski definition) is 0. The molecule has 8 aromatic carbocycles. The van der Waals surface area contributed by atoms with Crippen molar-refractivity contribution in [3.8, 4) is 33.4 Å². The molecule has 0 fully saturated rings. The van der Waals surface area contributed by atoms with Crippen molar-refractivity contribution < 1.29 is 4.42 Å². The van der Waals surface area contributed by atoms with E-state index >= 15 is 0 Å². The summed E-state index contributed by atoms with van der Waals surface area (Å²) in [6, 6.07) is 61.9. The normalized spacial score (nSPS) is 14.1. The second kappa shape index (κ2) is 14.7. The van der Waals surface area contributed by atoms with E-state index in [4.69, 9.17) is 4.42 Å². The molecule has 0 amide bonds. The lowest BCUT2D eigenvalue weighted by molar-refractivity contribution is 0.664. The van der Waals surface area contributed by atoms with Crippen LogP contribution < -0.4 is 20.6 Å². The van der Waals surface area contributed by atoms with Gasteiger partial charge in [-0.1, -0.05) is 156 Å². The van der Waals surface area contributed by atoms with Crippen LogP contribution in [0.1, 0.15) is 75.6 Å². The number of para-hydroxylation sites is 2. The van der Waals surface area contributed by atoms with Crippen LogP contribution in [0.25, 0.3) is 55.3 Å². The maximum absolute atomic E-state index is 7.10. The van der Waals surface area contributed by atoms with E-state index in [9.17, 15) is 0 Å². The average molecular weight is 815 g/mol. The molecule has 9 aromatic rings. The van der Waals surface area contributed by atoms with Crippen molar-refractivity contribution in [1.29, 1.82) is 0 Å². The Hall–Kier alpha value is -6.78. The first-order chi connectivity index (χ1) is 31.0. The molecule has 1 aliphatic carbocycles. The monoisotopic (exact) mass is 814 g/mol. The summed E-state index contributed by atoms with van der Waals surface area (Å²) in [6.07, 6.45) is 6.84. The van der Waals surface area contributed by atoms with Crippen LogP contribution in [-0.2, 0) is 18.3 Å². The Morgan fingerprint density at radius 2 is 1.21 bits per heavy atom. The maximum Gasteiger partial charge on any atom is 0.333 e. The number of benzene rings is 8. The smallest absolute Gasteiger partial charge is 0.333 e. The van der Waals surface area contributed by atoms with Gasteiger partial charge in [0, 0.05) is 55.6 Å². The molecule has 0 atom stereocenters. The molecular formula is C59H51BN2O. The molecule has 3 aliphatic rings. The summed E-state index contributed by atoms with van der Waals surface area (Å²) in [5.74, 6) is 0. The third-order valence-corrected chi connectivity index (χ3v) is 14.4. The molecule has 12 rings (SSSR count). The van der Waals surface area contributed by atoms with Crippen molar-refractivity contribution in [3.05, 3.63) is 186 Å². The minimum absolute atomic E-state index is 0.150. The van der Waals surface area contributed by atoms with Crippen LogP contribution in [0.4, 0.5) is 28.4 Å². The molecule has 306 valence electrons. The number of hydrogen-bond acceptors (Lipinski definition) is 3. The van der Waals surface area contributed by atoms with Gasteiger partial charge in [-0.25, -0.2) is 0 Å². The van der Waals surface area contributed by atoms with Gasteiger partial charge < -0.3 is 14.1 Å². The molecule has 4 heteroatoms. The Bertz CT molecular complexity index is 3250. The van der Waals surface area contributed by atoms with Gasteiger partial charge in [0.25, 0.3) is 0 Å². The van der Waals surface area contributed by atoms with Crippen molar-refractivity contribution in [2.45, 2.75) is 71.6 Å². The van der Waals surface area contributed by atoms with Crippen LogP contribution >= 0.6 is 0 Å². The molecule has 0 bridgehead atoms. The number of anilines is 5. The molecule has 0 unspecified atom stereocenters. The van der Waals surface area contributed by atoms with Gasteiger partial charge in [0.15, 0.2) is 0 Å². The van der Waals surface area contributed by atoms with Crippen molar-refractivity contribution >= 4 is 68.1 Å². The molecule has 0 spiro atoms. The largest absolute Gasteiger partial charge is 0.455 e. The van der Waals surface area contributed by atoms with Gasteiger partial charge in [0.2, 0.25) is 0 Å². The third-order valence-electron chi connectivity index (χ3n) is 14.4. The summed E-state index contributed by atoms with van der Waals surface area (Å²) in [4.78, 5) is 5.30. The molecule has 0 N–H and O–H groups in total. The highest BCUT2D eigenvalue weighted by molar-refractivity contribution is 6.94. The number of fused-ring (bicyclic) bond motifs is 12. The van der Waals surface area contributed by atoms with Crippen LogP contribution in [0, 0.1) is 0 Å². The summed E-state index contributed by atoms with van der Waals surface area (Å²) in [6.45, 7) is 9.31. The lowest BCUT2D eigenvalue weighted by Gasteiger charge is -2.47. The number of rotatable bonds is 9. The fraction of sp³-hybridized carbons (Fsp3) is 0.186. The summed E-state index contributed by atoms with van der Waals surface area (Å²) in [5, 5.41) is 2.28. The fourth-order valence-corrected chi connectivity index (χ4v) is 11.4. The van der Waals surface area contributed by atoms with Gasteiger partial charge in [-0.05, 0) is 124 Å². The number of furan rings is 1. The van der Waals surface area contributed by atoms with Crippen LogP contribution in [-0.4, -0.2) is 6.85 Å². The van der Waals surface area contributed by atoms with E-state index in [-0.39, 0.29) is 12.3 Å². The molecule has 3 heterocycles. The zero-order valence-electron chi connectivity index (χ0n) is 36.7. The Balaban J connectivity index is 1.24. The first-order valence-electron chi connectivity index (χ1n) is 23.2. The quantitative estimate of drug-likeness (QED) is 0.135. The number of unbranched alkanes of at least 4 members (excludes halogenated alkanes) is 2. The van der Waals surface area contributed by atoms with E-state index < -0.39 is 0 Å². The summed E-state index contributed by atoms with van der Waals surface area (Å²) < 4.78 is 7.10. The highest BCUT2D eigenvalue weighted by Crippen LogP contribution is 2.55.